The lowest BCUT2D eigenvalue weighted by atomic mass is 10.2. The largest absolute Gasteiger partial charge is 0.478 e. The highest BCUT2D eigenvalue weighted by Crippen LogP contribution is 2.15. The Morgan fingerprint density at radius 1 is 1.71 bits per heavy atom. The van der Waals surface area contributed by atoms with Crippen LogP contribution in [0.1, 0.15) is 23.2 Å². The minimum atomic E-state index is -1.20. The molecule has 17 heavy (non-hydrogen) atoms. The summed E-state index contributed by atoms with van der Waals surface area (Å²) >= 11 is 0. The van der Waals surface area contributed by atoms with Crippen LogP contribution in [-0.2, 0) is 11.3 Å². The van der Waals surface area contributed by atoms with Crippen molar-refractivity contribution in [1.82, 2.24) is 9.55 Å². The van der Waals surface area contributed by atoms with E-state index in [1.165, 1.54) is 0 Å². The molecule has 1 aliphatic heterocycles. The second-order valence-electron chi connectivity index (χ2n) is 3.89. The molecule has 1 atom stereocenters. The molecule has 1 fully saturated rings. The van der Waals surface area contributed by atoms with Gasteiger partial charge < -0.3 is 15.6 Å². The van der Waals surface area contributed by atoms with Gasteiger partial charge in [0.1, 0.15) is 11.4 Å². The van der Waals surface area contributed by atoms with E-state index in [2.05, 4.69) is 4.98 Å². The predicted octanol–water partition coefficient (Wildman–Crippen LogP) is -0.297. The van der Waals surface area contributed by atoms with Gasteiger partial charge in [-0.2, -0.15) is 0 Å². The summed E-state index contributed by atoms with van der Waals surface area (Å²) in [6, 6.07) is 0. The second kappa shape index (κ2) is 4.54. The van der Waals surface area contributed by atoms with Crippen LogP contribution in [0.25, 0.3) is 0 Å². The SMILES string of the molecule is Nc1c(C(=O)O)cnc(=O)n1C[C@H]1CCCO1. The molecule has 0 aromatic carbocycles. The molecule has 92 valence electrons. The standard InChI is InChI=1S/C10H13N3O4/c11-8-7(9(14)15)4-12-10(16)13(8)5-6-2-1-3-17-6/h4,6H,1-3,5,11H2,(H,14,15)/t6-/m1/s1. The van der Waals surface area contributed by atoms with Crippen molar-refractivity contribution in [2.45, 2.75) is 25.5 Å². The monoisotopic (exact) mass is 239 g/mol. The van der Waals surface area contributed by atoms with Crippen LogP contribution in [0.4, 0.5) is 5.82 Å². The van der Waals surface area contributed by atoms with Crippen molar-refractivity contribution in [1.29, 1.82) is 0 Å². The van der Waals surface area contributed by atoms with Gasteiger partial charge in [-0.1, -0.05) is 0 Å². The fourth-order valence-electron chi connectivity index (χ4n) is 1.84. The maximum Gasteiger partial charge on any atom is 0.349 e. The molecular formula is C10H13N3O4. The minimum Gasteiger partial charge on any atom is -0.478 e. The Morgan fingerprint density at radius 2 is 2.47 bits per heavy atom. The molecule has 0 aliphatic carbocycles. The van der Waals surface area contributed by atoms with E-state index in [4.69, 9.17) is 15.6 Å². The van der Waals surface area contributed by atoms with Gasteiger partial charge in [-0.15, -0.1) is 0 Å². The molecule has 0 spiro atoms. The first kappa shape index (κ1) is 11.6. The van der Waals surface area contributed by atoms with Crippen molar-refractivity contribution in [2.75, 3.05) is 12.3 Å². The van der Waals surface area contributed by atoms with Gasteiger partial charge in [0, 0.05) is 6.61 Å². The van der Waals surface area contributed by atoms with Crippen molar-refractivity contribution in [3.8, 4) is 0 Å². The number of anilines is 1. The molecule has 7 heteroatoms. The lowest BCUT2D eigenvalue weighted by molar-refractivity contribution is 0.0694. The molecular weight excluding hydrogens is 226 g/mol. The fourth-order valence-corrected chi connectivity index (χ4v) is 1.84. The summed E-state index contributed by atoms with van der Waals surface area (Å²) in [6.07, 6.45) is 2.65. The number of nitrogens with zero attached hydrogens (tertiary/aromatic N) is 2. The van der Waals surface area contributed by atoms with E-state index in [0.29, 0.717) is 6.61 Å². The second-order valence-corrected chi connectivity index (χ2v) is 3.89. The maximum atomic E-state index is 11.5. The van der Waals surface area contributed by atoms with Crippen molar-refractivity contribution in [3.63, 3.8) is 0 Å². The number of carbonyl (C=O) groups is 1. The highest BCUT2D eigenvalue weighted by atomic mass is 16.5. The topological polar surface area (TPSA) is 107 Å². The number of aromatic nitrogens is 2. The quantitative estimate of drug-likeness (QED) is 0.750. The van der Waals surface area contributed by atoms with E-state index < -0.39 is 11.7 Å². The fraction of sp³-hybridized carbons (Fsp3) is 0.500. The maximum absolute atomic E-state index is 11.5. The number of hydrogen-bond donors (Lipinski definition) is 2. The van der Waals surface area contributed by atoms with Crippen LogP contribution in [0.15, 0.2) is 11.0 Å². The van der Waals surface area contributed by atoms with Crippen LogP contribution in [0.3, 0.4) is 0 Å². The van der Waals surface area contributed by atoms with E-state index in [9.17, 15) is 9.59 Å². The highest BCUT2D eigenvalue weighted by molar-refractivity contribution is 5.92. The van der Waals surface area contributed by atoms with Crippen LogP contribution >= 0.6 is 0 Å². The van der Waals surface area contributed by atoms with Gasteiger partial charge in [0.2, 0.25) is 0 Å². The molecule has 0 unspecified atom stereocenters. The number of ether oxygens (including phenoxy) is 1. The van der Waals surface area contributed by atoms with Gasteiger partial charge in [0.05, 0.1) is 18.8 Å². The summed E-state index contributed by atoms with van der Waals surface area (Å²) in [5.41, 5.74) is 4.93. The first-order chi connectivity index (χ1) is 8.09. The van der Waals surface area contributed by atoms with Crippen LogP contribution in [0.2, 0.25) is 0 Å². The van der Waals surface area contributed by atoms with Crippen LogP contribution < -0.4 is 11.4 Å². The first-order valence-corrected chi connectivity index (χ1v) is 5.30. The number of nitrogens with two attached hydrogens (primary N) is 1. The zero-order valence-electron chi connectivity index (χ0n) is 9.13. The van der Waals surface area contributed by atoms with E-state index >= 15 is 0 Å². The Balaban J connectivity index is 2.34. The summed E-state index contributed by atoms with van der Waals surface area (Å²) in [5, 5.41) is 8.88. The summed E-state index contributed by atoms with van der Waals surface area (Å²) < 4.78 is 6.53. The normalized spacial score (nSPS) is 19.4. The molecule has 3 N–H and O–H groups in total. The first-order valence-electron chi connectivity index (χ1n) is 5.30. The Kier molecular flexibility index (Phi) is 3.10. The Bertz CT molecular complexity index is 491. The van der Waals surface area contributed by atoms with E-state index in [1.807, 2.05) is 0 Å². The molecule has 1 aromatic rings. The van der Waals surface area contributed by atoms with Crippen molar-refractivity contribution in [3.05, 3.63) is 22.2 Å². The summed E-state index contributed by atoms with van der Waals surface area (Å²) in [6.45, 7) is 0.907. The van der Waals surface area contributed by atoms with Crippen LogP contribution in [-0.4, -0.2) is 33.3 Å². The Morgan fingerprint density at radius 3 is 3.06 bits per heavy atom. The van der Waals surface area contributed by atoms with E-state index in [0.717, 1.165) is 23.6 Å². The zero-order chi connectivity index (χ0) is 12.4. The third-order valence-corrected chi connectivity index (χ3v) is 2.74. The predicted molar refractivity (Wildman–Crippen MR) is 58.8 cm³/mol. The average molecular weight is 239 g/mol. The lowest BCUT2D eigenvalue weighted by Gasteiger charge is -2.14. The molecule has 1 aromatic heterocycles. The lowest BCUT2D eigenvalue weighted by Crippen LogP contribution is -2.31. The molecule has 1 saturated heterocycles. The van der Waals surface area contributed by atoms with Crippen molar-refractivity contribution >= 4 is 11.8 Å². The number of nitrogen functional groups attached to an aromatic ring is 1. The molecule has 2 rings (SSSR count). The van der Waals surface area contributed by atoms with Gasteiger partial charge in [-0.25, -0.2) is 14.6 Å². The zero-order valence-corrected chi connectivity index (χ0v) is 9.13. The number of hydrogen-bond acceptors (Lipinski definition) is 5. The summed E-state index contributed by atoms with van der Waals surface area (Å²) in [5.74, 6) is -1.27. The minimum absolute atomic E-state index is 0.0759. The van der Waals surface area contributed by atoms with Crippen molar-refractivity contribution in [2.24, 2.45) is 0 Å². The number of carboxylic acids is 1. The Hall–Kier alpha value is -1.89. The van der Waals surface area contributed by atoms with E-state index in [-0.39, 0.29) is 24.0 Å². The van der Waals surface area contributed by atoms with Crippen LogP contribution in [0, 0.1) is 0 Å². The van der Waals surface area contributed by atoms with Crippen molar-refractivity contribution < 1.29 is 14.6 Å². The third-order valence-electron chi connectivity index (χ3n) is 2.74. The van der Waals surface area contributed by atoms with Crippen LogP contribution in [0.5, 0.6) is 0 Å². The molecule has 1 aliphatic rings. The van der Waals surface area contributed by atoms with Gasteiger partial charge in [-0.05, 0) is 12.8 Å². The number of rotatable bonds is 3. The average Bonchev–Trinajstić information content (AvgIpc) is 2.76. The van der Waals surface area contributed by atoms with Gasteiger partial charge in [0.15, 0.2) is 0 Å². The molecule has 0 saturated carbocycles. The number of carboxylic acid groups (broad SMARTS) is 1. The van der Waals surface area contributed by atoms with Gasteiger partial charge >= 0.3 is 11.7 Å². The molecule has 0 bridgehead atoms. The molecule has 2 heterocycles. The Labute approximate surface area is 96.8 Å². The summed E-state index contributed by atoms with van der Waals surface area (Å²) in [4.78, 5) is 25.9. The smallest absolute Gasteiger partial charge is 0.349 e. The number of aromatic carboxylic acids is 1. The molecule has 0 radical (unpaired) electrons. The molecule has 7 nitrogen and oxygen atoms in total. The highest BCUT2D eigenvalue weighted by Gasteiger charge is 2.20. The van der Waals surface area contributed by atoms with E-state index in [1.54, 1.807) is 0 Å². The van der Waals surface area contributed by atoms with Gasteiger partial charge in [-0.3, -0.25) is 4.57 Å². The molecule has 0 amide bonds. The van der Waals surface area contributed by atoms with Gasteiger partial charge in [0.25, 0.3) is 0 Å². The third kappa shape index (κ3) is 2.28. The summed E-state index contributed by atoms with van der Waals surface area (Å²) in [7, 11) is 0.